The van der Waals surface area contributed by atoms with E-state index in [2.05, 4.69) is 36.2 Å². The molecule has 3 heterocycles. The molecular formula is C25H22N4OS2. The predicted octanol–water partition coefficient (Wildman–Crippen LogP) is 5.92. The van der Waals surface area contributed by atoms with Crippen LogP contribution in [0, 0.1) is 11.3 Å². The zero-order chi connectivity index (χ0) is 22.2. The number of thiophene rings is 1. The molecule has 0 radical (unpaired) electrons. The van der Waals surface area contributed by atoms with Crippen LogP contribution >= 0.6 is 22.7 Å². The van der Waals surface area contributed by atoms with E-state index < -0.39 is 0 Å². The molecule has 0 atom stereocenters. The van der Waals surface area contributed by atoms with E-state index in [0.29, 0.717) is 17.2 Å². The summed E-state index contributed by atoms with van der Waals surface area (Å²) in [5.74, 6) is -0.170. The second-order valence-corrected chi connectivity index (χ2v) is 10.3. The van der Waals surface area contributed by atoms with Crippen molar-refractivity contribution in [3.8, 4) is 16.6 Å². The topological polar surface area (TPSA) is 69.0 Å². The standard InChI is InChI=1S/C25H22N4OS2/c1-15(2)29-12-11-18-21(14-29)32-25(28-23(30)17-9-7-16(13-26)8-10-17)22(18)24-27-19-5-3-4-6-20(19)31-24/h3-10,15H,11-12,14H2,1-2H3,(H,28,30). The number of carbonyl (C=O) groups excluding carboxylic acids is 1. The third kappa shape index (κ3) is 3.82. The van der Waals surface area contributed by atoms with Gasteiger partial charge in [-0.3, -0.25) is 9.69 Å². The number of fused-ring (bicyclic) bond motifs is 2. The average molecular weight is 459 g/mol. The van der Waals surface area contributed by atoms with Crippen LogP contribution in [0.3, 0.4) is 0 Å². The Morgan fingerprint density at radius 3 is 2.66 bits per heavy atom. The van der Waals surface area contributed by atoms with Crippen LogP contribution < -0.4 is 5.32 Å². The Labute approximate surface area is 195 Å². The first-order valence-corrected chi connectivity index (χ1v) is 12.2. The molecule has 32 heavy (non-hydrogen) atoms. The Balaban J connectivity index is 1.56. The first-order valence-electron chi connectivity index (χ1n) is 10.6. The third-order valence-electron chi connectivity index (χ3n) is 5.83. The highest BCUT2D eigenvalue weighted by molar-refractivity contribution is 7.23. The molecule has 1 aliphatic heterocycles. The smallest absolute Gasteiger partial charge is 0.256 e. The van der Waals surface area contributed by atoms with Gasteiger partial charge in [-0.15, -0.1) is 22.7 Å². The average Bonchev–Trinajstić information content (AvgIpc) is 3.38. The van der Waals surface area contributed by atoms with Gasteiger partial charge in [-0.1, -0.05) is 12.1 Å². The molecule has 0 saturated carbocycles. The summed E-state index contributed by atoms with van der Waals surface area (Å²) in [4.78, 5) is 21.7. The summed E-state index contributed by atoms with van der Waals surface area (Å²) in [5.41, 5.74) is 4.43. The van der Waals surface area contributed by atoms with E-state index in [1.807, 2.05) is 18.2 Å². The number of amides is 1. The SMILES string of the molecule is CC(C)N1CCc2c(sc(NC(=O)c3ccc(C#N)cc3)c2-c2nc3ccccc3s2)C1. The largest absolute Gasteiger partial charge is 0.313 e. The van der Waals surface area contributed by atoms with Gasteiger partial charge in [0.2, 0.25) is 0 Å². The fraction of sp³-hybridized carbons (Fsp3) is 0.240. The summed E-state index contributed by atoms with van der Waals surface area (Å²) in [5, 5.41) is 14.0. The third-order valence-corrected chi connectivity index (χ3v) is 8.01. The molecule has 2 aromatic heterocycles. The lowest BCUT2D eigenvalue weighted by Gasteiger charge is -2.30. The number of rotatable bonds is 4. The molecule has 0 spiro atoms. The van der Waals surface area contributed by atoms with E-state index >= 15 is 0 Å². The van der Waals surface area contributed by atoms with Gasteiger partial charge in [-0.2, -0.15) is 5.26 Å². The van der Waals surface area contributed by atoms with Gasteiger partial charge in [0, 0.05) is 35.1 Å². The second kappa shape index (κ2) is 8.47. The number of hydrogen-bond acceptors (Lipinski definition) is 6. The summed E-state index contributed by atoms with van der Waals surface area (Å²) >= 11 is 3.33. The van der Waals surface area contributed by atoms with Crippen LogP contribution in [0.5, 0.6) is 0 Å². The van der Waals surface area contributed by atoms with E-state index in [1.165, 1.54) is 10.4 Å². The number of benzene rings is 2. The van der Waals surface area contributed by atoms with E-state index in [9.17, 15) is 4.79 Å². The lowest BCUT2D eigenvalue weighted by molar-refractivity contribution is 0.102. The highest BCUT2D eigenvalue weighted by Gasteiger charge is 2.28. The van der Waals surface area contributed by atoms with Gasteiger partial charge < -0.3 is 5.32 Å². The summed E-state index contributed by atoms with van der Waals surface area (Å²) in [6.07, 6.45) is 0.946. The Morgan fingerprint density at radius 1 is 1.16 bits per heavy atom. The minimum atomic E-state index is -0.170. The van der Waals surface area contributed by atoms with Gasteiger partial charge >= 0.3 is 0 Å². The van der Waals surface area contributed by atoms with Gasteiger partial charge in [0.05, 0.1) is 21.8 Å². The molecule has 0 aliphatic carbocycles. The molecule has 1 aliphatic rings. The highest BCUT2D eigenvalue weighted by Crippen LogP contribution is 2.46. The van der Waals surface area contributed by atoms with Crippen molar-refractivity contribution in [2.45, 2.75) is 32.9 Å². The van der Waals surface area contributed by atoms with E-state index in [4.69, 9.17) is 10.2 Å². The number of hydrogen-bond donors (Lipinski definition) is 1. The van der Waals surface area contributed by atoms with Gasteiger partial charge in [0.25, 0.3) is 5.91 Å². The minimum absolute atomic E-state index is 0.170. The van der Waals surface area contributed by atoms with Crippen LogP contribution in [0.4, 0.5) is 5.00 Å². The lowest BCUT2D eigenvalue weighted by atomic mass is 10.0. The van der Waals surface area contributed by atoms with Crippen molar-refractivity contribution in [2.24, 2.45) is 0 Å². The number of nitrogens with one attached hydrogen (secondary N) is 1. The lowest BCUT2D eigenvalue weighted by Crippen LogP contribution is -2.35. The Kier molecular flexibility index (Phi) is 5.51. The molecule has 160 valence electrons. The molecule has 0 saturated heterocycles. The summed E-state index contributed by atoms with van der Waals surface area (Å²) in [7, 11) is 0. The van der Waals surface area contributed by atoms with Gasteiger partial charge in [0.1, 0.15) is 10.0 Å². The number of anilines is 1. The molecule has 0 bridgehead atoms. The summed E-state index contributed by atoms with van der Waals surface area (Å²) in [6, 6.07) is 17.4. The van der Waals surface area contributed by atoms with Crippen LogP contribution in [-0.2, 0) is 13.0 Å². The minimum Gasteiger partial charge on any atom is -0.313 e. The molecule has 1 amide bonds. The maximum absolute atomic E-state index is 13.0. The number of aromatic nitrogens is 1. The Bertz CT molecular complexity index is 1310. The van der Waals surface area contributed by atoms with Crippen LogP contribution in [0.15, 0.2) is 48.5 Å². The van der Waals surface area contributed by atoms with E-state index in [0.717, 1.165) is 45.3 Å². The van der Waals surface area contributed by atoms with Crippen molar-refractivity contribution in [2.75, 3.05) is 11.9 Å². The quantitative estimate of drug-likeness (QED) is 0.412. The Morgan fingerprint density at radius 2 is 1.94 bits per heavy atom. The fourth-order valence-electron chi connectivity index (χ4n) is 4.03. The Hall–Kier alpha value is -3.05. The molecule has 1 N–H and O–H groups in total. The maximum atomic E-state index is 13.0. The van der Waals surface area contributed by atoms with Crippen LogP contribution in [-0.4, -0.2) is 28.4 Å². The van der Waals surface area contributed by atoms with Crippen LogP contribution in [0.25, 0.3) is 20.8 Å². The van der Waals surface area contributed by atoms with Crippen LogP contribution in [0.1, 0.15) is 40.2 Å². The van der Waals surface area contributed by atoms with Crippen LogP contribution in [0.2, 0.25) is 0 Å². The number of thiazole rings is 1. The number of nitriles is 1. The van der Waals surface area contributed by atoms with Crippen molar-refractivity contribution in [3.05, 3.63) is 70.1 Å². The molecule has 4 aromatic rings. The number of nitrogens with zero attached hydrogens (tertiary/aromatic N) is 3. The van der Waals surface area contributed by atoms with Crippen molar-refractivity contribution >= 4 is 43.8 Å². The first kappa shape index (κ1) is 20.8. The van der Waals surface area contributed by atoms with Gasteiger partial charge in [0.15, 0.2) is 0 Å². The highest BCUT2D eigenvalue weighted by atomic mass is 32.1. The van der Waals surface area contributed by atoms with Crippen molar-refractivity contribution < 1.29 is 4.79 Å². The monoisotopic (exact) mass is 458 g/mol. The van der Waals surface area contributed by atoms with E-state index in [1.54, 1.807) is 46.9 Å². The van der Waals surface area contributed by atoms with Crippen molar-refractivity contribution in [1.82, 2.24) is 9.88 Å². The number of para-hydroxylation sites is 1. The van der Waals surface area contributed by atoms with E-state index in [-0.39, 0.29) is 5.91 Å². The van der Waals surface area contributed by atoms with Crippen molar-refractivity contribution in [1.29, 1.82) is 5.26 Å². The fourth-order valence-corrected chi connectivity index (χ4v) is 6.41. The number of carbonyl (C=O) groups is 1. The molecule has 0 unspecified atom stereocenters. The zero-order valence-electron chi connectivity index (χ0n) is 17.9. The normalized spacial score (nSPS) is 13.8. The molecule has 5 nitrogen and oxygen atoms in total. The zero-order valence-corrected chi connectivity index (χ0v) is 19.5. The predicted molar refractivity (Wildman–Crippen MR) is 131 cm³/mol. The molecule has 7 heteroatoms. The second-order valence-electron chi connectivity index (χ2n) is 8.15. The van der Waals surface area contributed by atoms with Crippen molar-refractivity contribution in [3.63, 3.8) is 0 Å². The maximum Gasteiger partial charge on any atom is 0.256 e. The summed E-state index contributed by atoms with van der Waals surface area (Å²) < 4.78 is 1.14. The summed E-state index contributed by atoms with van der Waals surface area (Å²) in [6.45, 7) is 6.34. The first-order chi connectivity index (χ1) is 15.5. The van der Waals surface area contributed by atoms with Gasteiger partial charge in [-0.25, -0.2) is 4.98 Å². The molecular weight excluding hydrogens is 436 g/mol. The molecule has 5 rings (SSSR count). The van der Waals surface area contributed by atoms with Gasteiger partial charge in [-0.05, 0) is 62.2 Å². The molecule has 2 aromatic carbocycles. The molecule has 0 fully saturated rings.